The van der Waals surface area contributed by atoms with E-state index in [-0.39, 0.29) is 25.4 Å². The van der Waals surface area contributed by atoms with Crippen molar-refractivity contribution in [3.05, 3.63) is 64.7 Å². The van der Waals surface area contributed by atoms with E-state index in [1.54, 1.807) is 23.1 Å². The molecule has 9 heteroatoms. The van der Waals surface area contributed by atoms with Crippen LogP contribution < -0.4 is 0 Å². The molecule has 2 aromatic carbocycles. The first-order valence-corrected chi connectivity index (χ1v) is 11.1. The number of benzene rings is 2. The van der Waals surface area contributed by atoms with E-state index in [1.807, 2.05) is 6.07 Å². The molecular formula is C21H21ClF3NO3S. The number of sulfone groups is 1. The van der Waals surface area contributed by atoms with Crippen molar-refractivity contribution in [2.45, 2.75) is 42.6 Å². The van der Waals surface area contributed by atoms with Crippen molar-refractivity contribution in [2.75, 3.05) is 6.54 Å². The Balaban J connectivity index is 1.85. The minimum atomic E-state index is -4.65. The van der Waals surface area contributed by atoms with E-state index < -0.39 is 37.1 Å². The van der Waals surface area contributed by atoms with E-state index in [0.717, 1.165) is 23.8 Å². The smallest absolute Gasteiger partial charge is 0.338 e. The van der Waals surface area contributed by atoms with E-state index in [9.17, 15) is 26.4 Å². The maximum Gasteiger partial charge on any atom is 0.416 e. The third-order valence-electron chi connectivity index (χ3n) is 5.62. The van der Waals surface area contributed by atoms with Crippen LogP contribution in [0.4, 0.5) is 13.2 Å². The zero-order valence-electron chi connectivity index (χ0n) is 16.4. The number of carbonyl (C=O) groups excluding carboxylic acids is 1. The molecule has 0 unspecified atom stereocenters. The summed E-state index contributed by atoms with van der Waals surface area (Å²) in [4.78, 5) is 13.7. The molecule has 0 aromatic heterocycles. The lowest BCUT2D eigenvalue weighted by Gasteiger charge is -2.31. The molecule has 0 spiro atoms. The summed E-state index contributed by atoms with van der Waals surface area (Å²) in [6, 6.07) is 10.7. The normalized spacial score (nSPS) is 18.1. The van der Waals surface area contributed by atoms with Gasteiger partial charge in [0.2, 0.25) is 5.91 Å². The largest absolute Gasteiger partial charge is 0.416 e. The lowest BCUT2D eigenvalue weighted by molar-refractivity contribution is -0.137. The zero-order chi connectivity index (χ0) is 22.3. The molecular weight excluding hydrogens is 439 g/mol. The molecule has 1 heterocycles. The second-order valence-corrected chi connectivity index (χ2v) is 10.9. The first-order chi connectivity index (χ1) is 13.8. The summed E-state index contributed by atoms with van der Waals surface area (Å²) in [5, 5.41) is 0.531. The second-order valence-electron chi connectivity index (χ2n) is 7.94. The second kappa shape index (κ2) is 7.89. The monoisotopic (exact) mass is 459 g/mol. The third kappa shape index (κ3) is 4.34. The Bertz CT molecular complexity index is 1070. The Morgan fingerprint density at radius 1 is 1.10 bits per heavy atom. The van der Waals surface area contributed by atoms with Crippen molar-refractivity contribution in [1.29, 1.82) is 0 Å². The molecule has 1 aliphatic heterocycles. The van der Waals surface area contributed by atoms with Crippen LogP contribution in [0.15, 0.2) is 53.4 Å². The van der Waals surface area contributed by atoms with Crippen LogP contribution in [0.25, 0.3) is 0 Å². The highest BCUT2D eigenvalue weighted by atomic mass is 35.5. The fourth-order valence-electron chi connectivity index (χ4n) is 3.61. The van der Waals surface area contributed by atoms with Crippen LogP contribution in [0, 0.1) is 5.92 Å². The molecule has 0 radical (unpaired) electrons. The SMILES string of the molecule is CC(C)([C@H]1CC(=O)N(Cc2cccc(Cl)c2)C1)S(=O)(=O)c1cccc(C(F)(F)F)c1. The number of nitrogens with zero attached hydrogens (tertiary/aromatic N) is 1. The Morgan fingerprint density at radius 3 is 2.40 bits per heavy atom. The van der Waals surface area contributed by atoms with Crippen LogP contribution in [0.2, 0.25) is 5.02 Å². The van der Waals surface area contributed by atoms with Crippen LogP contribution in [0.3, 0.4) is 0 Å². The number of amides is 1. The van der Waals surface area contributed by atoms with Crippen LogP contribution in [-0.2, 0) is 27.4 Å². The number of hydrogen-bond donors (Lipinski definition) is 0. The molecule has 0 N–H and O–H groups in total. The van der Waals surface area contributed by atoms with E-state index in [2.05, 4.69) is 0 Å². The van der Waals surface area contributed by atoms with E-state index in [0.29, 0.717) is 11.1 Å². The Morgan fingerprint density at radius 2 is 1.77 bits per heavy atom. The topological polar surface area (TPSA) is 54.5 Å². The fourth-order valence-corrected chi connectivity index (χ4v) is 5.57. The van der Waals surface area contributed by atoms with E-state index in [4.69, 9.17) is 11.6 Å². The number of likely N-dealkylation sites (tertiary alicyclic amines) is 1. The number of hydrogen-bond acceptors (Lipinski definition) is 3. The fraction of sp³-hybridized carbons (Fsp3) is 0.381. The van der Waals surface area contributed by atoms with E-state index >= 15 is 0 Å². The summed E-state index contributed by atoms with van der Waals surface area (Å²) in [5.74, 6) is -0.768. The van der Waals surface area contributed by atoms with Gasteiger partial charge in [-0.25, -0.2) is 8.42 Å². The van der Waals surface area contributed by atoms with Gasteiger partial charge >= 0.3 is 6.18 Å². The summed E-state index contributed by atoms with van der Waals surface area (Å²) in [7, 11) is -4.13. The number of halogens is 4. The van der Waals surface area contributed by atoms with Crippen molar-refractivity contribution in [2.24, 2.45) is 5.92 Å². The van der Waals surface area contributed by atoms with Gasteiger partial charge in [0, 0.05) is 30.5 Å². The van der Waals surface area contributed by atoms with Crippen molar-refractivity contribution in [1.82, 2.24) is 4.90 Å². The van der Waals surface area contributed by atoms with Gasteiger partial charge in [0.1, 0.15) is 0 Å². The van der Waals surface area contributed by atoms with Crippen molar-refractivity contribution < 1.29 is 26.4 Å². The molecule has 4 nitrogen and oxygen atoms in total. The van der Waals surface area contributed by atoms with Gasteiger partial charge in [0.15, 0.2) is 9.84 Å². The molecule has 3 rings (SSSR count). The van der Waals surface area contributed by atoms with Crippen molar-refractivity contribution in [3.63, 3.8) is 0 Å². The molecule has 0 aliphatic carbocycles. The molecule has 1 fully saturated rings. The average molecular weight is 460 g/mol. The minimum absolute atomic E-state index is 0.00571. The van der Waals surface area contributed by atoms with E-state index in [1.165, 1.54) is 13.8 Å². The molecule has 162 valence electrons. The molecule has 2 aromatic rings. The predicted molar refractivity (Wildman–Crippen MR) is 108 cm³/mol. The van der Waals surface area contributed by atoms with Gasteiger partial charge in [0.25, 0.3) is 0 Å². The van der Waals surface area contributed by atoms with Gasteiger partial charge in [-0.3, -0.25) is 4.79 Å². The third-order valence-corrected chi connectivity index (χ3v) is 8.45. The summed E-state index contributed by atoms with van der Waals surface area (Å²) < 4.78 is 64.1. The van der Waals surface area contributed by atoms with Crippen LogP contribution in [-0.4, -0.2) is 30.5 Å². The van der Waals surface area contributed by atoms with Gasteiger partial charge in [-0.15, -0.1) is 0 Å². The average Bonchev–Trinajstić information content (AvgIpc) is 3.02. The highest BCUT2D eigenvalue weighted by Gasteiger charge is 2.48. The summed E-state index contributed by atoms with van der Waals surface area (Å²) in [5.41, 5.74) is -0.209. The Labute approximate surface area is 178 Å². The maximum absolute atomic E-state index is 13.2. The Hall–Kier alpha value is -2.06. The minimum Gasteiger partial charge on any atom is -0.338 e. The van der Waals surface area contributed by atoms with Gasteiger partial charge < -0.3 is 4.90 Å². The first kappa shape index (κ1) is 22.6. The number of carbonyl (C=O) groups is 1. The molecule has 0 saturated carbocycles. The highest BCUT2D eigenvalue weighted by molar-refractivity contribution is 7.92. The highest BCUT2D eigenvalue weighted by Crippen LogP contribution is 2.39. The van der Waals surface area contributed by atoms with Gasteiger partial charge in [-0.05, 0) is 49.7 Å². The first-order valence-electron chi connectivity index (χ1n) is 9.26. The molecule has 1 amide bonds. The zero-order valence-corrected chi connectivity index (χ0v) is 18.0. The van der Waals surface area contributed by atoms with Crippen molar-refractivity contribution >= 4 is 27.3 Å². The maximum atomic E-state index is 13.2. The standard InChI is InChI=1S/C21H21ClF3NO3S/c1-20(2,30(28,29)18-8-4-6-15(10-18)21(23,24)25)16-11-19(27)26(13-16)12-14-5-3-7-17(22)9-14/h3-10,16H,11-13H2,1-2H3/t16-/m0/s1. The summed E-state index contributed by atoms with van der Waals surface area (Å²) in [6.07, 6.45) is -4.64. The number of alkyl halides is 3. The van der Waals surface area contributed by atoms with Gasteiger partial charge in [-0.2, -0.15) is 13.2 Å². The molecule has 30 heavy (non-hydrogen) atoms. The lowest BCUT2D eigenvalue weighted by atomic mass is 9.94. The van der Waals surface area contributed by atoms with Crippen molar-refractivity contribution in [3.8, 4) is 0 Å². The number of rotatable bonds is 5. The molecule has 1 saturated heterocycles. The molecule has 1 atom stereocenters. The Kier molecular flexibility index (Phi) is 5.95. The predicted octanol–water partition coefficient (Wildman–Crippen LogP) is 4.96. The molecule has 1 aliphatic rings. The molecule has 0 bridgehead atoms. The van der Waals surface area contributed by atoms with Crippen LogP contribution in [0.5, 0.6) is 0 Å². The van der Waals surface area contributed by atoms with Crippen LogP contribution in [0.1, 0.15) is 31.4 Å². The van der Waals surface area contributed by atoms with Crippen LogP contribution >= 0.6 is 11.6 Å². The summed E-state index contributed by atoms with van der Waals surface area (Å²) >= 11 is 5.98. The quantitative estimate of drug-likeness (QED) is 0.635. The lowest BCUT2D eigenvalue weighted by Crippen LogP contribution is -2.41. The van der Waals surface area contributed by atoms with Gasteiger partial charge in [-0.1, -0.05) is 29.8 Å². The van der Waals surface area contributed by atoms with Gasteiger partial charge in [0.05, 0.1) is 15.2 Å². The summed E-state index contributed by atoms with van der Waals surface area (Å²) in [6.45, 7) is 3.40.